The average Bonchev–Trinajstić information content (AvgIpc) is 3.00. The highest BCUT2D eigenvalue weighted by atomic mass is 16.5. The number of hydrogen-bond acceptors (Lipinski definition) is 10. The van der Waals surface area contributed by atoms with Crippen molar-refractivity contribution in [3.8, 4) is 23.0 Å². The van der Waals surface area contributed by atoms with Crippen molar-refractivity contribution in [1.29, 1.82) is 0 Å². The fourth-order valence-corrected chi connectivity index (χ4v) is 5.03. The summed E-state index contributed by atoms with van der Waals surface area (Å²) in [7, 11) is 6.09. The standard InChI is InChI=1S/C31H34N2O9/c1-8-19-15-20(37-4)9-11-22(19)26(23-12-10-21(38-5)16-25(23)40-7)18(3)41-30(35)17(2)33-29(34)27-28(42-31(33)36)24(39-6)13-14-32-27/h9-18,26H,8H2,1-7H3/t17-,18-,26?/m0/s1. The molecule has 4 aromatic rings. The van der Waals surface area contributed by atoms with Gasteiger partial charge in [0, 0.05) is 29.8 Å². The van der Waals surface area contributed by atoms with Crippen molar-refractivity contribution < 1.29 is 32.9 Å². The number of pyridine rings is 1. The van der Waals surface area contributed by atoms with Crippen LogP contribution in [0, 0.1) is 0 Å². The lowest BCUT2D eigenvalue weighted by atomic mass is 9.83. The van der Waals surface area contributed by atoms with Gasteiger partial charge in [-0.1, -0.05) is 19.1 Å². The van der Waals surface area contributed by atoms with E-state index in [1.54, 1.807) is 40.4 Å². The van der Waals surface area contributed by atoms with Crippen molar-refractivity contribution in [2.75, 3.05) is 28.4 Å². The number of carbonyl (C=O) groups is 1. The second-order valence-corrected chi connectivity index (χ2v) is 9.56. The molecule has 0 amide bonds. The number of ether oxygens (including phenoxy) is 5. The van der Waals surface area contributed by atoms with Crippen molar-refractivity contribution >= 4 is 17.1 Å². The van der Waals surface area contributed by atoms with Crippen LogP contribution in [0.25, 0.3) is 11.1 Å². The van der Waals surface area contributed by atoms with Gasteiger partial charge in [0.1, 0.15) is 29.4 Å². The van der Waals surface area contributed by atoms with E-state index in [0.717, 1.165) is 16.7 Å². The van der Waals surface area contributed by atoms with Gasteiger partial charge in [0.05, 0.1) is 28.4 Å². The normalized spacial score (nSPS) is 13.2. The Hall–Kier alpha value is -4.80. The molecule has 0 aliphatic rings. The van der Waals surface area contributed by atoms with Gasteiger partial charge >= 0.3 is 11.7 Å². The molecular weight excluding hydrogens is 544 g/mol. The summed E-state index contributed by atoms with van der Waals surface area (Å²) in [5, 5.41) is 0. The maximum absolute atomic E-state index is 13.5. The number of hydrogen-bond donors (Lipinski definition) is 0. The van der Waals surface area contributed by atoms with Crippen molar-refractivity contribution in [2.45, 2.75) is 45.3 Å². The van der Waals surface area contributed by atoms with Gasteiger partial charge in [0.25, 0.3) is 5.56 Å². The van der Waals surface area contributed by atoms with Gasteiger partial charge in [-0.25, -0.2) is 19.1 Å². The van der Waals surface area contributed by atoms with Gasteiger partial charge in [-0.2, -0.15) is 0 Å². The van der Waals surface area contributed by atoms with Crippen LogP contribution in [0.2, 0.25) is 0 Å². The predicted octanol–water partition coefficient (Wildman–Crippen LogP) is 4.27. The second-order valence-electron chi connectivity index (χ2n) is 9.56. The summed E-state index contributed by atoms with van der Waals surface area (Å²) in [5.41, 5.74) is 1.60. The zero-order chi connectivity index (χ0) is 30.6. The number of esters is 1. The molecular formula is C31H34N2O9. The first-order valence-electron chi connectivity index (χ1n) is 13.4. The first-order chi connectivity index (χ1) is 20.2. The minimum absolute atomic E-state index is 0.0987. The van der Waals surface area contributed by atoms with Gasteiger partial charge < -0.3 is 28.1 Å². The van der Waals surface area contributed by atoms with Crippen molar-refractivity contribution in [3.63, 3.8) is 0 Å². The van der Waals surface area contributed by atoms with Crippen LogP contribution in [-0.4, -0.2) is 50.1 Å². The first kappa shape index (κ1) is 30.2. The largest absolute Gasteiger partial charge is 0.497 e. The van der Waals surface area contributed by atoms with E-state index in [9.17, 15) is 14.4 Å². The molecule has 42 heavy (non-hydrogen) atoms. The first-order valence-corrected chi connectivity index (χ1v) is 13.4. The van der Waals surface area contributed by atoms with E-state index in [2.05, 4.69) is 4.98 Å². The Kier molecular flexibility index (Phi) is 9.19. The van der Waals surface area contributed by atoms with Crippen molar-refractivity contribution in [2.24, 2.45) is 0 Å². The Morgan fingerprint density at radius 3 is 2.14 bits per heavy atom. The van der Waals surface area contributed by atoms with E-state index in [0.29, 0.717) is 28.2 Å². The van der Waals surface area contributed by atoms with Gasteiger partial charge in [-0.05, 0) is 49.6 Å². The molecule has 0 fully saturated rings. The molecule has 4 rings (SSSR count). The SMILES string of the molecule is CCc1cc(OC)ccc1C(c1ccc(OC)cc1OC)[C@H](C)OC(=O)[C@H](C)n1c(=O)oc2c(OC)ccnc2c1=O. The Labute approximate surface area is 242 Å². The number of aromatic nitrogens is 2. The van der Waals surface area contributed by atoms with Gasteiger partial charge in [-0.15, -0.1) is 0 Å². The lowest BCUT2D eigenvalue weighted by Gasteiger charge is -2.29. The molecule has 2 aromatic heterocycles. The molecule has 11 heteroatoms. The molecule has 0 saturated heterocycles. The van der Waals surface area contributed by atoms with E-state index < -0.39 is 35.3 Å². The van der Waals surface area contributed by atoms with Crippen LogP contribution in [0.1, 0.15) is 49.4 Å². The lowest BCUT2D eigenvalue weighted by molar-refractivity contribution is -0.152. The maximum Gasteiger partial charge on any atom is 0.423 e. The molecule has 2 heterocycles. The predicted molar refractivity (Wildman–Crippen MR) is 155 cm³/mol. The summed E-state index contributed by atoms with van der Waals surface area (Å²) < 4.78 is 33.7. The molecule has 0 bridgehead atoms. The number of fused-ring (bicyclic) bond motifs is 1. The Bertz CT molecular complexity index is 1650. The van der Waals surface area contributed by atoms with Crippen LogP contribution < -0.4 is 30.3 Å². The van der Waals surface area contributed by atoms with E-state index in [1.807, 2.05) is 31.2 Å². The molecule has 0 N–H and O–H groups in total. The monoisotopic (exact) mass is 578 g/mol. The number of benzene rings is 2. The zero-order valence-corrected chi connectivity index (χ0v) is 24.6. The molecule has 3 atom stereocenters. The second kappa shape index (κ2) is 12.8. The summed E-state index contributed by atoms with van der Waals surface area (Å²) in [6.45, 7) is 5.17. The third-order valence-electron chi connectivity index (χ3n) is 7.24. The quantitative estimate of drug-likeness (QED) is 0.238. The third kappa shape index (κ3) is 5.67. The summed E-state index contributed by atoms with van der Waals surface area (Å²) in [4.78, 5) is 43.7. The Morgan fingerprint density at radius 1 is 0.881 bits per heavy atom. The third-order valence-corrected chi connectivity index (χ3v) is 7.24. The molecule has 222 valence electrons. The molecule has 0 aliphatic carbocycles. The van der Waals surface area contributed by atoms with E-state index in [4.69, 9.17) is 28.1 Å². The highest BCUT2D eigenvalue weighted by Crippen LogP contribution is 2.40. The minimum atomic E-state index is -1.31. The number of rotatable bonds is 11. The fraction of sp³-hybridized carbons (Fsp3) is 0.355. The summed E-state index contributed by atoms with van der Waals surface area (Å²) >= 11 is 0. The molecule has 2 aromatic carbocycles. The molecule has 0 spiro atoms. The average molecular weight is 579 g/mol. The van der Waals surface area contributed by atoms with E-state index in [-0.39, 0.29) is 16.8 Å². The van der Waals surface area contributed by atoms with Gasteiger partial charge in [0.15, 0.2) is 11.3 Å². The summed E-state index contributed by atoms with van der Waals surface area (Å²) in [6, 6.07) is 11.3. The van der Waals surface area contributed by atoms with Crippen molar-refractivity contribution in [3.05, 3.63) is 86.3 Å². The molecule has 11 nitrogen and oxygen atoms in total. The van der Waals surface area contributed by atoms with Gasteiger partial charge in [0.2, 0.25) is 5.58 Å². The van der Waals surface area contributed by atoms with E-state index in [1.165, 1.54) is 26.3 Å². The van der Waals surface area contributed by atoms with Gasteiger partial charge in [-0.3, -0.25) is 4.79 Å². The van der Waals surface area contributed by atoms with Crippen LogP contribution in [-0.2, 0) is 16.0 Å². The Morgan fingerprint density at radius 2 is 1.52 bits per heavy atom. The highest BCUT2D eigenvalue weighted by Gasteiger charge is 2.32. The maximum atomic E-state index is 13.5. The van der Waals surface area contributed by atoms with Crippen molar-refractivity contribution in [1.82, 2.24) is 9.55 Å². The molecule has 0 saturated carbocycles. The lowest BCUT2D eigenvalue weighted by Crippen LogP contribution is -2.40. The number of aryl methyl sites for hydroxylation is 1. The summed E-state index contributed by atoms with van der Waals surface area (Å²) in [6.07, 6.45) is 1.27. The van der Waals surface area contributed by atoms with Crippen LogP contribution in [0.15, 0.2) is 62.7 Å². The molecule has 0 radical (unpaired) electrons. The number of carbonyl (C=O) groups excluding carboxylic acids is 1. The van der Waals surface area contributed by atoms with E-state index >= 15 is 0 Å². The van der Waals surface area contributed by atoms with Crippen LogP contribution in [0.3, 0.4) is 0 Å². The number of methoxy groups -OCH3 is 4. The summed E-state index contributed by atoms with van der Waals surface area (Å²) in [5.74, 6) is -0.311. The number of nitrogens with zero attached hydrogens (tertiary/aromatic N) is 2. The molecule has 1 unspecified atom stereocenters. The highest BCUT2D eigenvalue weighted by molar-refractivity contribution is 5.78. The fourth-order valence-electron chi connectivity index (χ4n) is 5.03. The topological polar surface area (TPSA) is 128 Å². The smallest absolute Gasteiger partial charge is 0.423 e. The van der Waals surface area contributed by atoms with Crippen LogP contribution in [0.5, 0.6) is 23.0 Å². The Balaban J connectivity index is 1.77. The minimum Gasteiger partial charge on any atom is -0.497 e. The molecule has 0 aliphatic heterocycles. The zero-order valence-electron chi connectivity index (χ0n) is 24.6. The van der Waals surface area contributed by atoms with Crippen LogP contribution in [0.4, 0.5) is 0 Å². The van der Waals surface area contributed by atoms with Crippen LogP contribution >= 0.6 is 0 Å².